The molecule has 0 bridgehead atoms. The van der Waals surface area contributed by atoms with Crippen LogP contribution in [0.2, 0.25) is 0 Å². The summed E-state index contributed by atoms with van der Waals surface area (Å²) in [5, 5.41) is 5.18. The Balaban J connectivity index is 1.43. The van der Waals surface area contributed by atoms with E-state index in [1.807, 2.05) is 0 Å². The minimum atomic E-state index is -0.599. The topological polar surface area (TPSA) is 80.3 Å². The molecule has 0 aliphatic heterocycles. The van der Waals surface area contributed by atoms with E-state index >= 15 is 0 Å². The van der Waals surface area contributed by atoms with Crippen molar-refractivity contribution in [3.63, 3.8) is 0 Å². The molecule has 0 saturated heterocycles. The summed E-state index contributed by atoms with van der Waals surface area (Å²) in [5.41, 5.74) is 0.604. The van der Waals surface area contributed by atoms with Gasteiger partial charge in [0.05, 0.1) is 11.9 Å². The van der Waals surface area contributed by atoms with E-state index in [1.54, 1.807) is 6.07 Å². The Hall–Kier alpha value is -3.03. The molecule has 0 spiro atoms. The van der Waals surface area contributed by atoms with Crippen LogP contribution in [0.3, 0.4) is 0 Å². The molecule has 2 N–H and O–H groups in total. The van der Waals surface area contributed by atoms with Gasteiger partial charge in [-0.05, 0) is 37.1 Å². The summed E-state index contributed by atoms with van der Waals surface area (Å²) in [4.78, 5) is 27.4. The molecule has 2 amide bonds. The predicted octanol–water partition coefficient (Wildman–Crippen LogP) is 2.40. The van der Waals surface area contributed by atoms with Crippen LogP contribution >= 0.6 is 0 Å². The molecule has 8 heteroatoms. The number of pyridine rings is 1. The standard InChI is InChI=1S/C18H17F2N3O3/c19-13-3-5-15(20)12(7-13)8-21-16(24)10-26-17-6-4-14(9-22-17)23-18(25)11-1-2-11/h3-7,9,11H,1-2,8,10H2,(H,21,24)(H,23,25). The van der Waals surface area contributed by atoms with Crippen molar-refractivity contribution in [3.8, 4) is 5.88 Å². The van der Waals surface area contributed by atoms with Gasteiger partial charge in [-0.3, -0.25) is 9.59 Å². The second-order valence-corrected chi connectivity index (χ2v) is 5.95. The maximum atomic E-state index is 13.5. The van der Waals surface area contributed by atoms with E-state index in [4.69, 9.17) is 4.74 Å². The molecule has 1 aliphatic rings. The first-order chi connectivity index (χ1) is 12.5. The monoisotopic (exact) mass is 361 g/mol. The number of hydrogen-bond donors (Lipinski definition) is 2. The molecule has 6 nitrogen and oxygen atoms in total. The maximum Gasteiger partial charge on any atom is 0.258 e. The summed E-state index contributed by atoms with van der Waals surface area (Å²) in [6, 6.07) is 6.18. The van der Waals surface area contributed by atoms with Gasteiger partial charge in [0.25, 0.3) is 5.91 Å². The van der Waals surface area contributed by atoms with Gasteiger partial charge < -0.3 is 15.4 Å². The first-order valence-corrected chi connectivity index (χ1v) is 8.11. The summed E-state index contributed by atoms with van der Waals surface area (Å²) in [6.45, 7) is -0.469. The van der Waals surface area contributed by atoms with Gasteiger partial charge in [0.15, 0.2) is 6.61 Å². The molecule has 1 fully saturated rings. The van der Waals surface area contributed by atoms with Crippen LogP contribution < -0.4 is 15.4 Å². The molecule has 136 valence electrons. The molecular formula is C18H17F2N3O3. The van der Waals surface area contributed by atoms with Gasteiger partial charge in [0.1, 0.15) is 11.6 Å². The third-order valence-electron chi connectivity index (χ3n) is 3.79. The van der Waals surface area contributed by atoms with Crippen LogP contribution in [0.1, 0.15) is 18.4 Å². The highest BCUT2D eigenvalue weighted by Crippen LogP contribution is 2.30. The van der Waals surface area contributed by atoms with Crippen LogP contribution in [0, 0.1) is 17.6 Å². The summed E-state index contributed by atoms with van der Waals surface area (Å²) >= 11 is 0. The minimum absolute atomic E-state index is 0.0237. The van der Waals surface area contributed by atoms with E-state index in [2.05, 4.69) is 15.6 Å². The highest BCUT2D eigenvalue weighted by molar-refractivity contribution is 5.93. The van der Waals surface area contributed by atoms with Crippen LogP contribution in [-0.4, -0.2) is 23.4 Å². The van der Waals surface area contributed by atoms with E-state index in [1.165, 1.54) is 12.3 Å². The van der Waals surface area contributed by atoms with Crippen molar-refractivity contribution in [2.45, 2.75) is 19.4 Å². The number of hydrogen-bond acceptors (Lipinski definition) is 4. The third kappa shape index (κ3) is 4.98. The van der Waals surface area contributed by atoms with Gasteiger partial charge in [-0.2, -0.15) is 0 Å². The number of carbonyl (C=O) groups excluding carboxylic acids is 2. The van der Waals surface area contributed by atoms with E-state index in [0.29, 0.717) is 5.69 Å². The summed E-state index contributed by atoms with van der Waals surface area (Å²) in [6.07, 6.45) is 3.26. The molecular weight excluding hydrogens is 344 g/mol. The highest BCUT2D eigenvalue weighted by Gasteiger charge is 2.29. The Labute approximate surface area is 148 Å². The molecule has 26 heavy (non-hydrogen) atoms. The molecule has 1 aromatic heterocycles. The molecule has 1 aromatic carbocycles. The molecule has 1 aliphatic carbocycles. The fraction of sp³-hybridized carbons (Fsp3) is 0.278. The lowest BCUT2D eigenvalue weighted by Crippen LogP contribution is -2.28. The number of halogens is 2. The molecule has 2 aromatic rings. The van der Waals surface area contributed by atoms with Crippen molar-refractivity contribution in [2.24, 2.45) is 5.92 Å². The van der Waals surface area contributed by atoms with Gasteiger partial charge in [-0.15, -0.1) is 0 Å². The zero-order chi connectivity index (χ0) is 18.5. The quantitative estimate of drug-likeness (QED) is 0.794. The van der Waals surface area contributed by atoms with Crippen molar-refractivity contribution < 1.29 is 23.1 Å². The van der Waals surface area contributed by atoms with Gasteiger partial charge >= 0.3 is 0 Å². The van der Waals surface area contributed by atoms with E-state index in [0.717, 1.165) is 31.0 Å². The minimum Gasteiger partial charge on any atom is -0.468 e. The first kappa shape index (κ1) is 17.8. The van der Waals surface area contributed by atoms with E-state index in [9.17, 15) is 18.4 Å². The fourth-order valence-electron chi connectivity index (χ4n) is 2.19. The van der Waals surface area contributed by atoms with Crippen molar-refractivity contribution in [1.29, 1.82) is 0 Å². The second kappa shape index (κ2) is 7.90. The van der Waals surface area contributed by atoms with Crippen molar-refractivity contribution in [3.05, 3.63) is 53.7 Å². The normalized spacial score (nSPS) is 13.2. The zero-order valence-electron chi connectivity index (χ0n) is 13.8. The number of ether oxygens (including phenoxy) is 1. The summed E-state index contributed by atoms with van der Waals surface area (Å²) in [7, 11) is 0. The lowest BCUT2D eigenvalue weighted by Gasteiger charge is -2.08. The fourth-order valence-corrected chi connectivity index (χ4v) is 2.19. The van der Waals surface area contributed by atoms with Crippen LogP contribution in [-0.2, 0) is 16.1 Å². The van der Waals surface area contributed by atoms with Gasteiger partial charge in [-0.1, -0.05) is 0 Å². The molecule has 1 heterocycles. The number of carbonyl (C=O) groups is 2. The molecule has 0 unspecified atom stereocenters. The Morgan fingerprint density at radius 1 is 1.19 bits per heavy atom. The molecule has 1 saturated carbocycles. The number of nitrogens with zero attached hydrogens (tertiary/aromatic N) is 1. The molecule has 3 rings (SSSR count). The third-order valence-corrected chi connectivity index (χ3v) is 3.79. The van der Waals surface area contributed by atoms with Crippen LogP contribution in [0.25, 0.3) is 0 Å². The number of amides is 2. The predicted molar refractivity (Wildman–Crippen MR) is 89.3 cm³/mol. The second-order valence-electron chi connectivity index (χ2n) is 5.95. The number of rotatable bonds is 7. The largest absolute Gasteiger partial charge is 0.468 e. The average molecular weight is 361 g/mol. The average Bonchev–Trinajstić information content (AvgIpc) is 3.47. The van der Waals surface area contributed by atoms with Gasteiger partial charge in [-0.25, -0.2) is 13.8 Å². The van der Waals surface area contributed by atoms with Crippen LogP contribution in [0.4, 0.5) is 14.5 Å². The maximum absolute atomic E-state index is 13.5. The van der Waals surface area contributed by atoms with Gasteiger partial charge in [0, 0.05) is 24.1 Å². The van der Waals surface area contributed by atoms with Crippen molar-refractivity contribution >= 4 is 17.5 Å². The zero-order valence-corrected chi connectivity index (χ0v) is 13.8. The number of aromatic nitrogens is 1. The van der Waals surface area contributed by atoms with Crippen LogP contribution in [0.15, 0.2) is 36.5 Å². The molecule has 0 radical (unpaired) electrons. The van der Waals surface area contributed by atoms with Crippen molar-refractivity contribution in [1.82, 2.24) is 10.3 Å². The number of benzene rings is 1. The Kier molecular flexibility index (Phi) is 5.40. The van der Waals surface area contributed by atoms with E-state index in [-0.39, 0.29) is 36.4 Å². The number of anilines is 1. The van der Waals surface area contributed by atoms with Crippen LogP contribution in [0.5, 0.6) is 5.88 Å². The first-order valence-electron chi connectivity index (χ1n) is 8.11. The summed E-state index contributed by atoms with van der Waals surface area (Å²) in [5.74, 6) is -1.40. The Morgan fingerprint density at radius 3 is 2.69 bits per heavy atom. The SMILES string of the molecule is O=C(COc1ccc(NC(=O)C2CC2)cn1)NCc1cc(F)ccc1F. The van der Waals surface area contributed by atoms with E-state index < -0.39 is 17.5 Å². The lowest BCUT2D eigenvalue weighted by atomic mass is 10.2. The van der Waals surface area contributed by atoms with Gasteiger partial charge in [0.2, 0.25) is 11.8 Å². The molecule has 0 atom stereocenters. The smallest absolute Gasteiger partial charge is 0.258 e. The lowest BCUT2D eigenvalue weighted by molar-refractivity contribution is -0.123. The highest BCUT2D eigenvalue weighted by atomic mass is 19.1. The number of nitrogens with one attached hydrogen (secondary N) is 2. The summed E-state index contributed by atoms with van der Waals surface area (Å²) < 4.78 is 31.8. The Bertz CT molecular complexity index is 808. The van der Waals surface area contributed by atoms with Crippen molar-refractivity contribution in [2.75, 3.05) is 11.9 Å². The Morgan fingerprint density at radius 2 is 2.00 bits per heavy atom.